The van der Waals surface area contributed by atoms with E-state index in [9.17, 15) is 14.9 Å². The zero-order chi connectivity index (χ0) is 32.5. The molecule has 0 aliphatic carbocycles. The molecule has 2 aliphatic heterocycles. The third-order valence-corrected chi connectivity index (χ3v) is 8.41. The Hall–Kier alpha value is -5.07. The number of hydrogen-bond donors (Lipinski definition) is 1. The number of methoxy groups -OCH3 is 2. The highest BCUT2D eigenvalue weighted by atomic mass is 16.6. The molecule has 236 valence electrons. The zero-order valence-electron chi connectivity index (χ0n) is 26.3. The van der Waals surface area contributed by atoms with Gasteiger partial charge in [-0.3, -0.25) is 14.9 Å². The number of carbonyl (C=O) groups excluding carboxylic acids is 1. The topological polar surface area (TPSA) is 167 Å². The number of nitro benzene ring substituents is 1. The molecule has 0 fully saturated rings. The van der Waals surface area contributed by atoms with Gasteiger partial charge in [-0.1, -0.05) is 27.7 Å². The quantitative estimate of drug-likeness (QED) is 0.140. The lowest BCUT2D eigenvalue weighted by molar-refractivity contribution is -0.384. The number of carbonyl (C=O) groups is 1. The largest absolute Gasteiger partial charge is 0.494 e. The Kier molecular flexibility index (Phi) is 8.46. The number of primary amides is 1. The van der Waals surface area contributed by atoms with Crippen LogP contribution in [0.1, 0.15) is 51.7 Å². The molecule has 5 rings (SSSR count). The van der Waals surface area contributed by atoms with Gasteiger partial charge in [-0.2, -0.15) is 5.11 Å². The van der Waals surface area contributed by atoms with Gasteiger partial charge in [-0.15, -0.1) is 15.3 Å². The minimum absolute atomic E-state index is 0.0428. The number of rotatable bonds is 10. The Bertz CT molecular complexity index is 1700. The smallest absolute Gasteiger partial charge is 0.269 e. The first-order valence-electron chi connectivity index (χ1n) is 14.6. The molecule has 3 aromatic rings. The summed E-state index contributed by atoms with van der Waals surface area (Å²) in [4.78, 5) is 24.7. The minimum atomic E-state index is -0.585. The molecule has 13 nitrogen and oxygen atoms in total. The third-order valence-electron chi connectivity index (χ3n) is 8.41. The second kappa shape index (κ2) is 12.1. The number of azo groups is 2. The first-order valence-corrected chi connectivity index (χ1v) is 14.6. The highest BCUT2D eigenvalue weighted by Crippen LogP contribution is 2.56. The van der Waals surface area contributed by atoms with E-state index in [4.69, 9.17) is 19.9 Å². The first-order chi connectivity index (χ1) is 21.3. The van der Waals surface area contributed by atoms with Crippen LogP contribution in [-0.4, -0.2) is 44.7 Å². The monoisotopic (exact) mass is 615 g/mol. The van der Waals surface area contributed by atoms with E-state index in [-0.39, 0.29) is 23.1 Å². The van der Waals surface area contributed by atoms with Gasteiger partial charge in [0.2, 0.25) is 0 Å². The lowest BCUT2D eigenvalue weighted by Crippen LogP contribution is -2.45. The molecule has 0 bridgehead atoms. The fraction of sp³-hybridized carbons (Fsp3) is 0.406. The van der Waals surface area contributed by atoms with Crippen molar-refractivity contribution in [2.45, 2.75) is 51.4 Å². The van der Waals surface area contributed by atoms with Crippen LogP contribution in [-0.2, 0) is 15.6 Å². The van der Waals surface area contributed by atoms with E-state index in [0.29, 0.717) is 40.0 Å². The molecule has 0 saturated heterocycles. The van der Waals surface area contributed by atoms with Crippen molar-refractivity contribution in [3.63, 3.8) is 0 Å². The van der Waals surface area contributed by atoms with E-state index in [1.807, 2.05) is 6.07 Å². The van der Waals surface area contributed by atoms with Crippen molar-refractivity contribution >= 4 is 40.0 Å². The van der Waals surface area contributed by atoms with Crippen molar-refractivity contribution in [2.24, 2.45) is 26.2 Å². The van der Waals surface area contributed by atoms with Crippen LogP contribution in [0.4, 0.5) is 34.1 Å². The summed E-state index contributed by atoms with van der Waals surface area (Å²) >= 11 is 0. The molecule has 0 saturated carbocycles. The zero-order valence-corrected chi connectivity index (χ0v) is 26.3. The van der Waals surface area contributed by atoms with Gasteiger partial charge in [0.05, 0.1) is 24.8 Å². The summed E-state index contributed by atoms with van der Waals surface area (Å²) in [5.41, 5.74) is 10.0. The fourth-order valence-electron chi connectivity index (χ4n) is 5.78. The summed E-state index contributed by atoms with van der Waals surface area (Å²) < 4.78 is 17.3. The normalized spacial score (nSPS) is 16.4. The molecule has 13 heteroatoms. The van der Waals surface area contributed by atoms with Crippen LogP contribution >= 0.6 is 0 Å². The Labute approximate surface area is 261 Å². The molecule has 2 N–H and O–H groups in total. The number of nitro groups is 1. The Morgan fingerprint density at radius 3 is 2.00 bits per heavy atom. The van der Waals surface area contributed by atoms with Gasteiger partial charge in [0.25, 0.3) is 11.6 Å². The summed E-state index contributed by atoms with van der Waals surface area (Å²) in [6, 6.07) is 11.0. The highest BCUT2D eigenvalue weighted by molar-refractivity contribution is 5.80. The molecule has 0 aromatic heterocycles. The Balaban J connectivity index is 1.58. The standard InChI is InChI=1S/C32H37N7O6/c1-31(2)11-13-38-14-12-32(3,4)28-29(38)21(31)15-24(30(28)45-18-27(33)40)37-36-23-17-25(43-5)22(16-26(23)44-6)35-34-19-7-9-20(10-8-19)39(41)42/h7-10,15-17H,11-14,18H2,1-6H3,(H2,33,40). The molecule has 3 aromatic carbocycles. The Morgan fingerprint density at radius 1 is 0.889 bits per heavy atom. The van der Waals surface area contributed by atoms with Crippen molar-refractivity contribution in [2.75, 3.05) is 38.8 Å². The predicted molar refractivity (Wildman–Crippen MR) is 170 cm³/mol. The number of non-ortho nitro benzene ring substituents is 1. The summed E-state index contributed by atoms with van der Waals surface area (Å²) in [6.45, 7) is 10.4. The second-order valence-corrected chi connectivity index (χ2v) is 12.4. The van der Waals surface area contributed by atoms with Crippen LogP contribution in [0.5, 0.6) is 17.2 Å². The number of anilines is 1. The minimum Gasteiger partial charge on any atom is -0.494 e. The average molecular weight is 616 g/mol. The lowest BCUT2D eigenvalue weighted by atomic mass is 9.69. The van der Waals surface area contributed by atoms with E-state index >= 15 is 0 Å². The molecule has 0 radical (unpaired) electrons. The molecular formula is C32H37N7O6. The maximum Gasteiger partial charge on any atom is 0.269 e. The molecule has 2 heterocycles. The van der Waals surface area contributed by atoms with Gasteiger partial charge in [-0.05, 0) is 47.4 Å². The van der Waals surface area contributed by atoms with E-state index in [1.165, 1.54) is 38.5 Å². The molecule has 45 heavy (non-hydrogen) atoms. The summed E-state index contributed by atoms with van der Waals surface area (Å²) in [7, 11) is 3.00. The average Bonchev–Trinajstić information content (AvgIpc) is 3.00. The molecule has 0 spiro atoms. The number of nitrogens with zero attached hydrogens (tertiary/aromatic N) is 6. The van der Waals surface area contributed by atoms with E-state index in [0.717, 1.165) is 42.7 Å². The molecular weight excluding hydrogens is 578 g/mol. The van der Waals surface area contributed by atoms with Gasteiger partial charge in [0.15, 0.2) is 12.4 Å². The lowest BCUT2D eigenvalue weighted by Gasteiger charge is -2.48. The first kappa shape index (κ1) is 31.4. The van der Waals surface area contributed by atoms with Crippen LogP contribution in [0.15, 0.2) is 62.9 Å². The van der Waals surface area contributed by atoms with Crippen molar-refractivity contribution in [1.82, 2.24) is 0 Å². The molecule has 1 amide bonds. The second-order valence-electron chi connectivity index (χ2n) is 12.4. The van der Waals surface area contributed by atoms with Gasteiger partial charge >= 0.3 is 0 Å². The van der Waals surface area contributed by atoms with E-state index in [1.54, 1.807) is 12.1 Å². The van der Waals surface area contributed by atoms with Gasteiger partial charge in [0, 0.05) is 48.6 Å². The summed E-state index contributed by atoms with van der Waals surface area (Å²) in [5, 5.41) is 28.6. The van der Waals surface area contributed by atoms with E-state index in [2.05, 4.69) is 53.1 Å². The highest BCUT2D eigenvalue weighted by Gasteiger charge is 2.43. The fourth-order valence-corrected chi connectivity index (χ4v) is 5.78. The van der Waals surface area contributed by atoms with E-state index < -0.39 is 10.8 Å². The van der Waals surface area contributed by atoms with Gasteiger partial charge in [0.1, 0.15) is 28.6 Å². The maximum atomic E-state index is 11.8. The van der Waals surface area contributed by atoms with Gasteiger partial charge < -0.3 is 24.8 Å². The number of ether oxygens (including phenoxy) is 3. The predicted octanol–water partition coefficient (Wildman–Crippen LogP) is 7.48. The van der Waals surface area contributed by atoms with Crippen molar-refractivity contribution in [3.05, 3.63) is 63.7 Å². The maximum absolute atomic E-state index is 11.8. The molecule has 0 unspecified atom stereocenters. The van der Waals surface area contributed by atoms with Crippen molar-refractivity contribution in [1.29, 1.82) is 0 Å². The summed E-state index contributed by atoms with van der Waals surface area (Å²) in [6.07, 6.45) is 1.90. The number of hydrogen-bond acceptors (Lipinski definition) is 11. The van der Waals surface area contributed by atoms with Crippen molar-refractivity contribution in [3.8, 4) is 17.2 Å². The van der Waals surface area contributed by atoms with Crippen LogP contribution in [0.25, 0.3) is 0 Å². The molecule has 0 atom stereocenters. The number of amides is 1. The number of benzene rings is 3. The number of nitrogens with two attached hydrogens (primary N) is 1. The van der Waals surface area contributed by atoms with Crippen LogP contribution in [0.3, 0.4) is 0 Å². The molecule has 2 aliphatic rings. The Morgan fingerprint density at radius 2 is 1.44 bits per heavy atom. The van der Waals surface area contributed by atoms with Gasteiger partial charge in [-0.25, -0.2) is 0 Å². The van der Waals surface area contributed by atoms with Crippen LogP contribution < -0.4 is 24.8 Å². The van der Waals surface area contributed by atoms with Crippen molar-refractivity contribution < 1.29 is 23.9 Å². The third kappa shape index (κ3) is 6.28. The SMILES string of the molecule is COc1cc(N=Nc2cc3c4c(c2OCC(N)=O)C(C)(C)CCN4CCC3(C)C)c(OC)cc1N=Nc1ccc([N+](=O)[O-])cc1. The van der Waals surface area contributed by atoms with Crippen LogP contribution in [0, 0.1) is 10.1 Å². The summed E-state index contributed by atoms with van der Waals surface area (Å²) in [5.74, 6) is 0.628. The van der Waals surface area contributed by atoms with Crippen LogP contribution in [0.2, 0.25) is 0 Å².